The molecule has 0 fully saturated rings. The lowest BCUT2D eigenvalue weighted by molar-refractivity contribution is -0.146. The van der Waals surface area contributed by atoms with Gasteiger partial charge in [-0.2, -0.15) is 0 Å². The quantitative estimate of drug-likeness (QED) is 0.773. The lowest BCUT2D eigenvalue weighted by Gasteiger charge is -2.24. The molecule has 5 heteroatoms. The molecule has 20 heavy (non-hydrogen) atoms. The first-order chi connectivity index (χ1) is 9.45. The predicted octanol–water partition coefficient (Wildman–Crippen LogP) is 2.01. The molecule has 0 amide bonds. The van der Waals surface area contributed by atoms with Crippen LogP contribution in [0.1, 0.15) is 30.5 Å². The lowest BCUT2D eigenvalue weighted by atomic mass is 10.0. The number of rotatable bonds is 7. The van der Waals surface area contributed by atoms with Crippen molar-refractivity contribution in [1.29, 1.82) is 0 Å². The minimum Gasteiger partial charge on any atom is -0.480 e. The van der Waals surface area contributed by atoms with Crippen LogP contribution in [0.4, 0.5) is 0 Å². The van der Waals surface area contributed by atoms with Crippen molar-refractivity contribution in [3.8, 4) is 0 Å². The summed E-state index contributed by atoms with van der Waals surface area (Å²) in [4.78, 5) is 24.4. The summed E-state index contributed by atoms with van der Waals surface area (Å²) in [6.07, 6.45) is 0.180. The number of carbonyl (C=O) groups is 2. The molecule has 1 rings (SSSR count). The third-order valence-corrected chi connectivity index (χ3v) is 3.01. The largest absolute Gasteiger partial charge is 0.480 e. The molecular weight excluding hydrogens is 258 g/mol. The van der Waals surface area contributed by atoms with Crippen LogP contribution in [-0.4, -0.2) is 42.1 Å². The third kappa shape index (κ3) is 4.66. The Labute approximate surface area is 119 Å². The zero-order valence-electron chi connectivity index (χ0n) is 12.1. The molecule has 0 aliphatic heterocycles. The number of aryl methyl sites for hydroxylation is 1. The molecule has 1 aromatic carbocycles. The highest BCUT2D eigenvalue weighted by Crippen LogP contribution is 2.21. The fraction of sp³-hybridized carbons (Fsp3) is 0.467. The van der Waals surface area contributed by atoms with Crippen LogP contribution in [0.3, 0.4) is 0 Å². The van der Waals surface area contributed by atoms with E-state index in [4.69, 9.17) is 4.74 Å². The Kier molecular flexibility index (Phi) is 6.18. The topological polar surface area (TPSA) is 66.8 Å². The Morgan fingerprint density at radius 2 is 2.10 bits per heavy atom. The highest BCUT2D eigenvalue weighted by Gasteiger charge is 2.25. The van der Waals surface area contributed by atoms with E-state index in [-0.39, 0.29) is 12.4 Å². The molecule has 0 spiro atoms. The SMILES string of the molecule is CCOC(=O)CCN(C)C(C(=O)O)c1cccc(C)c1. The van der Waals surface area contributed by atoms with Crippen molar-refractivity contribution in [2.45, 2.75) is 26.3 Å². The van der Waals surface area contributed by atoms with Gasteiger partial charge in [0.05, 0.1) is 13.0 Å². The number of hydrogen-bond donors (Lipinski definition) is 1. The number of carboxylic acid groups (broad SMARTS) is 1. The second-order valence-electron chi connectivity index (χ2n) is 4.69. The zero-order valence-corrected chi connectivity index (χ0v) is 12.1. The maximum absolute atomic E-state index is 11.5. The van der Waals surface area contributed by atoms with Gasteiger partial charge in [0, 0.05) is 6.54 Å². The van der Waals surface area contributed by atoms with E-state index in [9.17, 15) is 14.7 Å². The summed E-state index contributed by atoms with van der Waals surface area (Å²) < 4.78 is 4.84. The van der Waals surface area contributed by atoms with Crippen molar-refractivity contribution in [2.75, 3.05) is 20.2 Å². The molecule has 110 valence electrons. The highest BCUT2D eigenvalue weighted by atomic mass is 16.5. The van der Waals surface area contributed by atoms with Gasteiger partial charge >= 0.3 is 11.9 Å². The Hall–Kier alpha value is -1.88. The van der Waals surface area contributed by atoms with Gasteiger partial charge in [0.25, 0.3) is 0 Å². The van der Waals surface area contributed by atoms with E-state index in [0.29, 0.717) is 18.7 Å². The van der Waals surface area contributed by atoms with Gasteiger partial charge in [-0.05, 0) is 26.5 Å². The number of likely N-dealkylation sites (N-methyl/N-ethyl adjacent to an activating group) is 1. The first-order valence-electron chi connectivity index (χ1n) is 6.61. The van der Waals surface area contributed by atoms with Crippen LogP contribution < -0.4 is 0 Å². The van der Waals surface area contributed by atoms with Crippen LogP contribution in [0, 0.1) is 6.92 Å². The smallest absolute Gasteiger partial charge is 0.325 e. The molecular formula is C15H21NO4. The van der Waals surface area contributed by atoms with Gasteiger partial charge < -0.3 is 9.84 Å². The summed E-state index contributed by atoms with van der Waals surface area (Å²) in [5, 5.41) is 9.40. The third-order valence-electron chi connectivity index (χ3n) is 3.01. The molecule has 0 saturated heterocycles. The number of esters is 1. The zero-order chi connectivity index (χ0) is 15.1. The monoisotopic (exact) mass is 279 g/mol. The summed E-state index contributed by atoms with van der Waals surface area (Å²) in [6, 6.07) is 6.62. The normalized spacial score (nSPS) is 12.2. The highest BCUT2D eigenvalue weighted by molar-refractivity contribution is 5.76. The standard InChI is InChI=1S/C15H21NO4/c1-4-20-13(17)8-9-16(3)14(15(18)19)12-7-5-6-11(2)10-12/h5-7,10,14H,4,8-9H2,1-3H3,(H,18,19). The Morgan fingerprint density at radius 3 is 2.65 bits per heavy atom. The average molecular weight is 279 g/mol. The number of aliphatic carboxylic acids is 1. The lowest BCUT2D eigenvalue weighted by Crippen LogP contribution is -2.32. The summed E-state index contributed by atoms with van der Waals surface area (Å²) in [6.45, 7) is 4.34. The summed E-state index contributed by atoms with van der Waals surface area (Å²) in [5.41, 5.74) is 1.72. The van der Waals surface area contributed by atoms with E-state index >= 15 is 0 Å². The van der Waals surface area contributed by atoms with Crippen molar-refractivity contribution in [1.82, 2.24) is 4.90 Å². The van der Waals surface area contributed by atoms with E-state index < -0.39 is 12.0 Å². The molecule has 0 aromatic heterocycles. The fourth-order valence-corrected chi connectivity index (χ4v) is 2.06. The maximum atomic E-state index is 11.5. The molecule has 1 N–H and O–H groups in total. The van der Waals surface area contributed by atoms with Crippen LogP contribution in [-0.2, 0) is 14.3 Å². The first-order valence-corrected chi connectivity index (χ1v) is 6.61. The average Bonchev–Trinajstić information content (AvgIpc) is 2.36. The van der Waals surface area contributed by atoms with Gasteiger partial charge in [-0.15, -0.1) is 0 Å². The Bertz CT molecular complexity index is 473. The van der Waals surface area contributed by atoms with Gasteiger partial charge in [-0.1, -0.05) is 29.8 Å². The number of carbonyl (C=O) groups excluding carboxylic acids is 1. The summed E-state index contributed by atoms with van der Waals surface area (Å²) in [7, 11) is 1.69. The van der Waals surface area contributed by atoms with Crippen LogP contribution >= 0.6 is 0 Å². The van der Waals surface area contributed by atoms with Gasteiger partial charge in [0.2, 0.25) is 0 Å². The maximum Gasteiger partial charge on any atom is 0.325 e. The number of nitrogens with zero attached hydrogens (tertiary/aromatic N) is 1. The van der Waals surface area contributed by atoms with Crippen LogP contribution in [0.15, 0.2) is 24.3 Å². The number of ether oxygens (including phenoxy) is 1. The van der Waals surface area contributed by atoms with Gasteiger partial charge in [-0.25, -0.2) is 0 Å². The van der Waals surface area contributed by atoms with E-state index in [2.05, 4.69) is 0 Å². The second kappa shape index (κ2) is 7.65. The fourth-order valence-electron chi connectivity index (χ4n) is 2.06. The number of benzene rings is 1. The first kappa shape index (κ1) is 16.2. The van der Waals surface area contributed by atoms with Crippen molar-refractivity contribution in [2.24, 2.45) is 0 Å². The molecule has 0 heterocycles. The summed E-state index contributed by atoms with van der Waals surface area (Å²) >= 11 is 0. The number of hydrogen-bond acceptors (Lipinski definition) is 4. The van der Waals surface area contributed by atoms with E-state index in [1.165, 1.54) is 0 Å². The molecule has 0 bridgehead atoms. The molecule has 1 unspecified atom stereocenters. The van der Waals surface area contributed by atoms with Crippen molar-refractivity contribution >= 4 is 11.9 Å². The van der Waals surface area contributed by atoms with Gasteiger partial charge in [-0.3, -0.25) is 14.5 Å². The minimum absolute atomic E-state index is 0.180. The van der Waals surface area contributed by atoms with Crippen molar-refractivity contribution in [3.05, 3.63) is 35.4 Å². The molecule has 0 radical (unpaired) electrons. The van der Waals surface area contributed by atoms with Gasteiger partial charge in [0.15, 0.2) is 0 Å². The molecule has 0 saturated carbocycles. The number of carboxylic acids is 1. The molecule has 1 atom stereocenters. The van der Waals surface area contributed by atoms with Crippen molar-refractivity contribution in [3.63, 3.8) is 0 Å². The van der Waals surface area contributed by atoms with E-state index in [1.807, 2.05) is 25.1 Å². The van der Waals surface area contributed by atoms with E-state index in [0.717, 1.165) is 5.56 Å². The Morgan fingerprint density at radius 1 is 1.40 bits per heavy atom. The molecule has 1 aromatic rings. The minimum atomic E-state index is -0.929. The Balaban J connectivity index is 2.76. The predicted molar refractivity (Wildman–Crippen MR) is 75.4 cm³/mol. The van der Waals surface area contributed by atoms with Crippen LogP contribution in [0.5, 0.6) is 0 Å². The van der Waals surface area contributed by atoms with Gasteiger partial charge in [0.1, 0.15) is 6.04 Å². The molecule has 5 nitrogen and oxygen atoms in total. The summed E-state index contributed by atoms with van der Waals surface area (Å²) in [5.74, 6) is -1.24. The second-order valence-corrected chi connectivity index (χ2v) is 4.69. The van der Waals surface area contributed by atoms with E-state index in [1.54, 1.807) is 24.9 Å². The van der Waals surface area contributed by atoms with Crippen LogP contribution in [0.25, 0.3) is 0 Å². The van der Waals surface area contributed by atoms with Crippen molar-refractivity contribution < 1.29 is 19.4 Å². The molecule has 0 aliphatic rings. The van der Waals surface area contributed by atoms with Crippen LogP contribution in [0.2, 0.25) is 0 Å². The molecule has 0 aliphatic carbocycles.